The number of aromatic nitrogens is 1. The predicted octanol–water partition coefficient (Wildman–Crippen LogP) is 1.03. The van der Waals surface area contributed by atoms with Crippen LogP contribution in [0.5, 0.6) is 0 Å². The molecule has 2 heterocycles. The smallest absolute Gasteiger partial charge is 0.128 e. The Hall–Kier alpha value is -1.13. The highest BCUT2D eigenvalue weighted by atomic mass is 16.5. The number of nitrogens with zero attached hydrogens (tertiary/aromatic N) is 2. The molecule has 0 amide bonds. The van der Waals surface area contributed by atoms with Gasteiger partial charge in [0, 0.05) is 25.8 Å². The van der Waals surface area contributed by atoms with Gasteiger partial charge < -0.3 is 15.0 Å². The molecular weight excluding hydrogens is 202 g/mol. The first kappa shape index (κ1) is 11.4. The van der Waals surface area contributed by atoms with E-state index in [1.165, 1.54) is 5.56 Å². The van der Waals surface area contributed by atoms with Crippen molar-refractivity contribution in [1.82, 2.24) is 10.3 Å². The third-order valence-corrected chi connectivity index (χ3v) is 2.76. The van der Waals surface area contributed by atoms with Crippen molar-refractivity contribution < 1.29 is 4.74 Å². The highest BCUT2D eigenvalue weighted by Crippen LogP contribution is 2.16. The highest BCUT2D eigenvalue weighted by molar-refractivity contribution is 5.41. The van der Waals surface area contributed by atoms with E-state index in [0.717, 1.165) is 32.1 Å². The average molecular weight is 221 g/mol. The Bertz CT molecular complexity index is 343. The zero-order chi connectivity index (χ0) is 11.4. The average Bonchev–Trinajstić information content (AvgIpc) is 2.30. The molecule has 0 radical (unpaired) electrons. The minimum absolute atomic E-state index is 0.295. The summed E-state index contributed by atoms with van der Waals surface area (Å²) < 4.78 is 5.53. The second-order valence-corrected chi connectivity index (χ2v) is 4.18. The number of rotatable bonds is 3. The third kappa shape index (κ3) is 2.71. The molecule has 1 fully saturated rings. The molecule has 1 aromatic rings. The molecule has 4 heteroatoms. The van der Waals surface area contributed by atoms with Gasteiger partial charge in [-0.1, -0.05) is 0 Å². The number of anilines is 1. The molecule has 1 aromatic heterocycles. The van der Waals surface area contributed by atoms with Crippen molar-refractivity contribution in [1.29, 1.82) is 0 Å². The lowest BCUT2D eigenvalue weighted by molar-refractivity contribution is 0.0529. The molecule has 0 saturated carbocycles. The lowest BCUT2D eigenvalue weighted by Crippen LogP contribution is -2.41. The van der Waals surface area contributed by atoms with E-state index in [4.69, 9.17) is 4.74 Å². The van der Waals surface area contributed by atoms with Crippen LogP contribution in [-0.4, -0.2) is 37.8 Å². The van der Waals surface area contributed by atoms with E-state index in [1.54, 1.807) is 0 Å². The summed E-state index contributed by atoms with van der Waals surface area (Å²) in [4.78, 5) is 6.71. The number of hydrogen-bond acceptors (Lipinski definition) is 4. The van der Waals surface area contributed by atoms with Gasteiger partial charge in [0.25, 0.3) is 0 Å². The molecule has 1 aliphatic rings. The Labute approximate surface area is 96.6 Å². The van der Waals surface area contributed by atoms with E-state index in [9.17, 15) is 0 Å². The van der Waals surface area contributed by atoms with E-state index in [1.807, 2.05) is 19.3 Å². The summed E-state index contributed by atoms with van der Waals surface area (Å²) in [6, 6.07) is 4.19. The van der Waals surface area contributed by atoms with Crippen LogP contribution in [0.4, 0.5) is 5.82 Å². The first-order chi connectivity index (χ1) is 7.79. The lowest BCUT2D eigenvalue weighted by atomic mass is 10.2. The molecule has 2 rings (SSSR count). The van der Waals surface area contributed by atoms with Crippen molar-refractivity contribution in [3.8, 4) is 0 Å². The van der Waals surface area contributed by atoms with Gasteiger partial charge in [-0.05, 0) is 31.7 Å². The first-order valence-electron chi connectivity index (χ1n) is 5.75. The second kappa shape index (κ2) is 5.27. The summed E-state index contributed by atoms with van der Waals surface area (Å²) in [5.74, 6) is 1.06. The zero-order valence-corrected chi connectivity index (χ0v) is 9.94. The third-order valence-electron chi connectivity index (χ3n) is 2.76. The quantitative estimate of drug-likeness (QED) is 0.827. The molecule has 1 aliphatic heterocycles. The van der Waals surface area contributed by atoms with Crippen LogP contribution in [0.15, 0.2) is 18.3 Å². The largest absolute Gasteiger partial charge is 0.375 e. The topological polar surface area (TPSA) is 37.4 Å². The maximum atomic E-state index is 5.53. The predicted molar refractivity (Wildman–Crippen MR) is 64.6 cm³/mol. The van der Waals surface area contributed by atoms with E-state index < -0.39 is 0 Å². The van der Waals surface area contributed by atoms with Gasteiger partial charge in [0.1, 0.15) is 5.82 Å². The van der Waals surface area contributed by atoms with E-state index in [-0.39, 0.29) is 0 Å². The van der Waals surface area contributed by atoms with E-state index in [0.29, 0.717) is 6.10 Å². The maximum Gasteiger partial charge on any atom is 0.128 e. The number of morpholine rings is 1. The SMILES string of the molecule is CNCc1ccnc(N2CCOC(C)C2)c1. The van der Waals surface area contributed by atoms with Gasteiger partial charge in [-0.25, -0.2) is 4.98 Å². The second-order valence-electron chi connectivity index (χ2n) is 4.18. The zero-order valence-electron chi connectivity index (χ0n) is 9.94. The fraction of sp³-hybridized carbons (Fsp3) is 0.583. The van der Waals surface area contributed by atoms with Crippen LogP contribution in [0.1, 0.15) is 12.5 Å². The van der Waals surface area contributed by atoms with Gasteiger partial charge in [0.2, 0.25) is 0 Å². The normalized spacial score (nSPS) is 21.1. The van der Waals surface area contributed by atoms with Crippen molar-refractivity contribution in [2.75, 3.05) is 31.6 Å². The first-order valence-corrected chi connectivity index (χ1v) is 5.75. The van der Waals surface area contributed by atoms with Crippen LogP contribution in [0.2, 0.25) is 0 Å². The van der Waals surface area contributed by atoms with Crippen LogP contribution in [-0.2, 0) is 11.3 Å². The van der Waals surface area contributed by atoms with Crippen molar-refractivity contribution in [2.45, 2.75) is 19.6 Å². The Morgan fingerprint density at radius 3 is 3.25 bits per heavy atom. The van der Waals surface area contributed by atoms with Crippen molar-refractivity contribution >= 4 is 5.82 Å². The number of hydrogen-bond donors (Lipinski definition) is 1. The van der Waals surface area contributed by atoms with Gasteiger partial charge in [-0.2, -0.15) is 0 Å². The molecule has 0 spiro atoms. The molecule has 0 aliphatic carbocycles. The van der Waals surface area contributed by atoms with Crippen LogP contribution >= 0.6 is 0 Å². The summed E-state index contributed by atoms with van der Waals surface area (Å²) in [5.41, 5.74) is 1.27. The summed E-state index contributed by atoms with van der Waals surface area (Å²) in [6.45, 7) is 5.63. The minimum atomic E-state index is 0.295. The molecule has 4 nitrogen and oxygen atoms in total. The van der Waals surface area contributed by atoms with Gasteiger partial charge in [-0.3, -0.25) is 0 Å². The lowest BCUT2D eigenvalue weighted by Gasteiger charge is -2.32. The van der Waals surface area contributed by atoms with Crippen LogP contribution in [0, 0.1) is 0 Å². The van der Waals surface area contributed by atoms with Gasteiger partial charge in [0.05, 0.1) is 12.7 Å². The Kier molecular flexibility index (Phi) is 3.74. The minimum Gasteiger partial charge on any atom is -0.375 e. The van der Waals surface area contributed by atoms with Gasteiger partial charge in [-0.15, -0.1) is 0 Å². The highest BCUT2D eigenvalue weighted by Gasteiger charge is 2.17. The molecule has 0 aromatic carbocycles. The molecule has 1 atom stereocenters. The number of nitrogens with one attached hydrogen (secondary N) is 1. The van der Waals surface area contributed by atoms with Crippen LogP contribution in [0.25, 0.3) is 0 Å². The summed E-state index contributed by atoms with van der Waals surface area (Å²) in [5, 5.41) is 3.15. The van der Waals surface area contributed by atoms with Crippen molar-refractivity contribution in [3.63, 3.8) is 0 Å². The molecule has 88 valence electrons. The molecule has 16 heavy (non-hydrogen) atoms. The Morgan fingerprint density at radius 1 is 1.62 bits per heavy atom. The Morgan fingerprint density at radius 2 is 2.50 bits per heavy atom. The summed E-state index contributed by atoms with van der Waals surface area (Å²) >= 11 is 0. The number of ether oxygens (including phenoxy) is 1. The molecule has 1 saturated heterocycles. The van der Waals surface area contributed by atoms with Crippen molar-refractivity contribution in [2.24, 2.45) is 0 Å². The number of pyridine rings is 1. The maximum absolute atomic E-state index is 5.53. The van der Waals surface area contributed by atoms with Crippen LogP contribution in [0.3, 0.4) is 0 Å². The molecular formula is C12H19N3O. The van der Waals surface area contributed by atoms with Gasteiger partial charge in [0.15, 0.2) is 0 Å². The fourth-order valence-electron chi connectivity index (χ4n) is 1.97. The fourth-order valence-corrected chi connectivity index (χ4v) is 1.97. The van der Waals surface area contributed by atoms with Crippen molar-refractivity contribution in [3.05, 3.63) is 23.9 Å². The van der Waals surface area contributed by atoms with E-state index >= 15 is 0 Å². The summed E-state index contributed by atoms with van der Waals surface area (Å²) in [7, 11) is 1.96. The standard InChI is InChI=1S/C12H19N3O/c1-10-9-15(5-6-16-10)12-7-11(8-13-2)3-4-14-12/h3-4,7,10,13H,5-6,8-9H2,1-2H3. The molecule has 1 N–H and O–H groups in total. The van der Waals surface area contributed by atoms with Crippen LogP contribution < -0.4 is 10.2 Å². The molecule has 1 unspecified atom stereocenters. The van der Waals surface area contributed by atoms with E-state index in [2.05, 4.69) is 28.2 Å². The molecule has 0 bridgehead atoms. The Balaban J connectivity index is 2.09. The summed E-state index contributed by atoms with van der Waals surface area (Å²) in [6.07, 6.45) is 2.17. The monoisotopic (exact) mass is 221 g/mol. The van der Waals surface area contributed by atoms with Gasteiger partial charge >= 0.3 is 0 Å².